The zero-order valence-corrected chi connectivity index (χ0v) is 23.9. The number of carbonyl (C=O) groups excluding carboxylic acids is 2. The van der Waals surface area contributed by atoms with Gasteiger partial charge in [0.2, 0.25) is 0 Å². The fraction of sp³-hybridized carbons (Fsp3) is 0.367. The van der Waals surface area contributed by atoms with Crippen LogP contribution in [0.1, 0.15) is 47.6 Å². The Bertz CT molecular complexity index is 1770. The topological polar surface area (TPSA) is 125 Å². The molecular weight excluding hydrogens is 582 g/mol. The van der Waals surface area contributed by atoms with Crippen LogP contribution >= 0.6 is 11.6 Å². The van der Waals surface area contributed by atoms with Crippen LogP contribution in [0.3, 0.4) is 0 Å². The summed E-state index contributed by atoms with van der Waals surface area (Å²) in [5.74, 6) is -1.78. The van der Waals surface area contributed by atoms with Crippen molar-refractivity contribution in [2.45, 2.75) is 44.9 Å². The van der Waals surface area contributed by atoms with Gasteiger partial charge in [-0.3, -0.25) is 19.5 Å². The number of pyridine rings is 2. The molecule has 3 aliphatic rings. The first-order valence-electron chi connectivity index (χ1n) is 14.0. The molecule has 1 unspecified atom stereocenters. The number of fused-ring (bicyclic) bond motifs is 2. The van der Waals surface area contributed by atoms with Gasteiger partial charge in [0.05, 0.1) is 59.7 Å². The third-order valence-electron chi connectivity index (χ3n) is 8.36. The van der Waals surface area contributed by atoms with Gasteiger partial charge in [0, 0.05) is 23.1 Å². The molecule has 2 aliphatic heterocycles. The molecule has 4 aromatic rings. The number of anilines is 1. The lowest BCUT2D eigenvalue weighted by molar-refractivity contribution is -0.193. The van der Waals surface area contributed by atoms with Crippen molar-refractivity contribution in [3.8, 4) is 16.9 Å². The molecule has 0 spiro atoms. The molecule has 2 fully saturated rings. The molecule has 222 valence electrons. The highest BCUT2D eigenvalue weighted by molar-refractivity contribution is 6.30. The van der Waals surface area contributed by atoms with E-state index in [1.165, 1.54) is 18.3 Å². The summed E-state index contributed by atoms with van der Waals surface area (Å²) in [5, 5.41) is 5.56. The maximum atomic E-state index is 14.9. The lowest BCUT2D eigenvalue weighted by Gasteiger charge is -2.33. The van der Waals surface area contributed by atoms with Crippen molar-refractivity contribution >= 4 is 40.1 Å². The van der Waals surface area contributed by atoms with Crippen LogP contribution in [0.25, 0.3) is 22.2 Å². The van der Waals surface area contributed by atoms with Gasteiger partial charge in [-0.25, -0.2) is 9.67 Å². The number of amides is 2. The van der Waals surface area contributed by atoms with Gasteiger partial charge in [-0.2, -0.15) is 13.9 Å². The summed E-state index contributed by atoms with van der Waals surface area (Å²) < 4.78 is 42.1. The maximum Gasteiger partial charge on any atom is 0.482 e. The van der Waals surface area contributed by atoms with E-state index in [-0.39, 0.29) is 35.5 Å². The number of nitrogens with zero attached hydrogens (tertiary/aromatic N) is 5. The minimum Gasteiger partial charge on any atom is -0.423 e. The van der Waals surface area contributed by atoms with Crippen LogP contribution in [0, 0.1) is 11.8 Å². The number of nitrogens with two attached hydrogens (primary N) is 1. The van der Waals surface area contributed by atoms with Gasteiger partial charge in [-0.1, -0.05) is 17.7 Å². The van der Waals surface area contributed by atoms with E-state index in [4.69, 9.17) is 31.8 Å². The van der Waals surface area contributed by atoms with Crippen molar-refractivity contribution in [3.63, 3.8) is 0 Å². The normalized spacial score (nSPS) is 18.7. The van der Waals surface area contributed by atoms with Crippen molar-refractivity contribution < 1.29 is 27.8 Å². The number of rotatable bonds is 8. The number of carbonyl (C=O) groups is 2. The van der Waals surface area contributed by atoms with E-state index in [0.29, 0.717) is 64.1 Å². The number of primary amides is 1. The van der Waals surface area contributed by atoms with Gasteiger partial charge in [-0.05, 0) is 61.9 Å². The molecule has 1 saturated heterocycles. The average Bonchev–Trinajstić information content (AvgIpc) is 3.65. The molecule has 0 radical (unpaired) electrons. The van der Waals surface area contributed by atoms with Crippen molar-refractivity contribution in [3.05, 3.63) is 64.7 Å². The van der Waals surface area contributed by atoms with Crippen molar-refractivity contribution in [2.24, 2.45) is 17.6 Å². The molecule has 1 atom stereocenters. The van der Waals surface area contributed by atoms with Crippen LogP contribution < -0.4 is 15.4 Å². The Morgan fingerprint density at radius 2 is 2.00 bits per heavy atom. The van der Waals surface area contributed by atoms with E-state index in [9.17, 15) is 18.4 Å². The molecule has 0 bridgehead atoms. The molecule has 13 heteroatoms. The number of ether oxygens (including phenoxy) is 2. The molecule has 1 saturated carbocycles. The van der Waals surface area contributed by atoms with Gasteiger partial charge in [0.15, 0.2) is 11.4 Å². The molecule has 2 N–H and O–H groups in total. The Balaban J connectivity index is 1.38. The van der Waals surface area contributed by atoms with E-state index < -0.39 is 17.9 Å². The molecule has 3 aromatic heterocycles. The predicted octanol–water partition coefficient (Wildman–Crippen LogP) is 4.92. The van der Waals surface area contributed by atoms with Gasteiger partial charge >= 0.3 is 12.0 Å². The van der Waals surface area contributed by atoms with Crippen LogP contribution in [-0.2, 0) is 22.5 Å². The van der Waals surface area contributed by atoms with Crippen LogP contribution in [0.5, 0.6) is 5.75 Å². The highest BCUT2D eigenvalue weighted by Crippen LogP contribution is 2.45. The van der Waals surface area contributed by atoms with Crippen LogP contribution in [0.15, 0.2) is 42.7 Å². The van der Waals surface area contributed by atoms with Gasteiger partial charge < -0.3 is 15.2 Å². The third kappa shape index (κ3) is 4.88. The summed E-state index contributed by atoms with van der Waals surface area (Å²) in [6.45, 7) is 3.04. The minimum absolute atomic E-state index is 0.0218. The summed E-state index contributed by atoms with van der Waals surface area (Å²) >= 11 is 5.92. The molecule has 43 heavy (non-hydrogen) atoms. The van der Waals surface area contributed by atoms with E-state index in [0.717, 1.165) is 17.7 Å². The van der Waals surface area contributed by atoms with Crippen LogP contribution in [0.2, 0.25) is 5.02 Å². The Labute approximate surface area is 249 Å². The second-order valence-corrected chi connectivity index (χ2v) is 11.8. The largest absolute Gasteiger partial charge is 0.482 e. The molecule has 1 aliphatic carbocycles. The SMILES string of the molecule is CC(C1COC1)n1ncc2c(-c3ccc4c(c3)OC(F)(F)C(=O)N4Cc3ccc(Cl)cn3)c(C(N)=O)c(CC3CC3)nc21. The fourth-order valence-corrected chi connectivity index (χ4v) is 5.80. The first-order chi connectivity index (χ1) is 20.6. The Morgan fingerprint density at radius 1 is 1.21 bits per heavy atom. The lowest BCUT2D eigenvalue weighted by Crippen LogP contribution is -2.50. The number of alkyl halides is 2. The lowest BCUT2D eigenvalue weighted by atomic mass is 9.93. The van der Waals surface area contributed by atoms with Crippen LogP contribution in [0.4, 0.5) is 14.5 Å². The average molecular weight is 609 g/mol. The number of halogens is 3. The monoisotopic (exact) mass is 608 g/mol. The maximum absolute atomic E-state index is 14.9. The van der Waals surface area contributed by atoms with Crippen molar-refractivity contribution in [1.82, 2.24) is 19.7 Å². The Kier molecular flexibility index (Phi) is 6.58. The quantitative estimate of drug-likeness (QED) is 0.301. The summed E-state index contributed by atoms with van der Waals surface area (Å²) in [4.78, 5) is 35.7. The minimum atomic E-state index is -4.12. The summed E-state index contributed by atoms with van der Waals surface area (Å²) in [7, 11) is 0. The number of hydrogen-bond donors (Lipinski definition) is 1. The third-order valence-corrected chi connectivity index (χ3v) is 8.58. The van der Waals surface area contributed by atoms with Crippen molar-refractivity contribution in [2.75, 3.05) is 18.1 Å². The zero-order valence-electron chi connectivity index (χ0n) is 23.1. The number of aromatic nitrogens is 4. The Hall–Kier alpha value is -4.16. The molecule has 7 rings (SSSR count). The van der Waals surface area contributed by atoms with Crippen LogP contribution in [-0.4, -0.2) is 50.9 Å². The second-order valence-electron chi connectivity index (χ2n) is 11.3. The highest BCUT2D eigenvalue weighted by atomic mass is 35.5. The fourth-order valence-electron chi connectivity index (χ4n) is 5.69. The summed E-state index contributed by atoms with van der Waals surface area (Å²) in [5.41, 5.74) is 8.65. The first kappa shape index (κ1) is 27.7. The van der Waals surface area contributed by atoms with E-state index in [2.05, 4.69) is 10.1 Å². The summed E-state index contributed by atoms with van der Waals surface area (Å²) in [6.07, 6.45) is 1.48. The number of benzene rings is 1. The molecule has 1 aromatic carbocycles. The molecular formula is C30H27ClF2N6O4. The second kappa shape index (κ2) is 10.2. The van der Waals surface area contributed by atoms with Crippen molar-refractivity contribution in [1.29, 1.82) is 0 Å². The van der Waals surface area contributed by atoms with Gasteiger partial charge in [0.25, 0.3) is 5.91 Å². The molecule has 5 heterocycles. The smallest absolute Gasteiger partial charge is 0.423 e. The van der Waals surface area contributed by atoms with E-state index >= 15 is 0 Å². The van der Waals surface area contributed by atoms with Gasteiger partial charge in [0.1, 0.15) is 0 Å². The Morgan fingerprint density at radius 3 is 2.65 bits per heavy atom. The molecule has 10 nitrogen and oxygen atoms in total. The first-order valence-corrected chi connectivity index (χ1v) is 14.4. The van der Waals surface area contributed by atoms with E-state index in [1.54, 1.807) is 24.4 Å². The summed E-state index contributed by atoms with van der Waals surface area (Å²) in [6, 6.07) is 7.68. The predicted molar refractivity (Wildman–Crippen MR) is 153 cm³/mol. The number of hydrogen-bond acceptors (Lipinski definition) is 7. The molecule has 2 amide bonds. The standard InChI is InChI=1S/C30H27ClF2N6O4/c1-15(18-13-42-14-18)39-28-21(11-36-39)25(26(27(34)40)22(37-28)8-16-2-3-16)17-4-7-23-24(9-17)43-30(32,33)29(41)38(23)12-20-6-5-19(31)10-35-20/h4-7,9-11,15-16,18H,2-3,8,12-14H2,1H3,(H2,34,40). The van der Waals surface area contributed by atoms with E-state index in [1.807, 2.05) is 11.6 Å². The van der Waals surface area contributed by atoms with Gasteiger partial charge in [-0.15, -0.1) is 0 Å². The highest BCUT2D eigenvalue weighted by Gasteiger charge is 2.50. The zero-order chi connectivity index (χ0) is 30.0.